The van der Waals surface area contributed by atoms with Gasteiger partial charge in [-0.15, -0.1) is 5.10 Å². The second-order valence-electron chi connectivity index (χ2n) is 2.97. The fraction of sp³-hybridized carbons (Fsp3) is 0. The molecule has 1 N–H and O–H groups in total. The number of hydrogen-bond donors (Lipinski definition) is 1. The zero-order valence-corrected chi connectivity index (χ0v) is 8.38. The number of aromatic nitrogens is 2. The van der Waals surface area contributed by atoms with Crippen molar-refractivity contribution in [3.8, 4) is 11.5 Å². The zero-order chi connectivity index (χ0) is 11.4. The van der Waals surface area contributed by atoms with Crippen molar-refractivity contribution in [3.63, 3.8) is 0 Å². The number of hydrogen-bond acceptors (Lipinski definition) is 4. The van der Waals surface area contributed by atoms with Crippen molar-refractivity contribution < 1.29 is 9.21 Å². The van der Waals surface area contributed by atoms with Crippen molar-refractivity contribution in [1.82, 2.24) is 10.2 Å². The number of rotatable bonds is 3. The van der Waals surface area contributed by atoms with Crippen LogP contribution in [0.2, 0.25) is 0 Å². The van der Waals surface area contributed by atoms with Crippen molar-refractivity contribution in [1.29, 1.82) is 0 Å². The van der Waals surface area contributed by atoms with E-state index in [1.165, 1.54) is 0 Å². The van der Waals surface area contributed by atoms with E-state index in [9.17, 15) is 4.79 Å². The van der Waals surface area contributed by atoms with Gasteiger partial charge in [0.1, 0.15) is 0 Å². The van der Waals surface area contributed by atoms with Gasteiger partial charge in [0.25, 0.3) is 5.91 Å². The Morgan fingerprint density at radius 1 is 1.31 bits per heavy atom. The second-order valence-corrected chi connectivity index (χ2v) is 2.97. The highest BCUT2D eigenvalue weighted by Crippen LogP contribution is 2.18. The summed E-state index contributed by atoms with van der Waals surface area (Å²) in [5, 5.41) is 9.88. The maximum atomic E-state index is 11.0. The number of benzene rings is 1. The van der Waals surface area contributed by atoms with Crippen LogP contribution in [0.1, 0.15) is 0 Å². The summed E-state index contributed by atoms with van der Waals surface area (Å²) in [4.78, 5) is 11.0. The molecule has 0 aliphatic heterocycles. The molecule has 0 aliphatic rings. The highest BCUT2D eigenvalue weighted by atomic mass is 16.4. The third kappa shape index (κ3) is 2.14. The Labute approximate surface area is 91.8 Å². The van der Waals surface area contributed by atoms with Crippen molar-refractivity contribution in [2.75, 3.05) is 5.32 Å². The van der Waals surface area contributed by atoms with Gasteiger partial charge in [-0.05, 0) is 18.2 Å². The SMILES string of the molecule is C=CC(=O)Nc1nnc(-c2ccccc2)o1. The smallest absolute Gasteiger partial charge is 0.322 e. The Morgan fingerprint density at radius 3 is 2.75 bits per heavy atom. The molecule has 0 bridgehead atoms. The lowest BCUT2D eigenvalue weighted by atomic mass is 10.2. The topological polar surface area (TPSA) is 68.0 Å². The van der Waals surface area contributed by atoms with Crippen LogP contribution in [0.3, 0.4) is 0 Å². The molecule has 2 aromatic rings. The summed E-state index contributed by atoms with van der Waals surface area (Å²) in [5.74, 6) is -0.0248. The molecule has 0 radical (unpaired) electrons. The molecule has 80 valence electrons. The van der Waals surface area contributed by atoms with Gasteiger partial charge in [0, 0.05) is 5.56 Å². The molecule has 1 amide bonds. The third-order valence-electron chi connectivity index (χ3n) is 1.86. The first-order valence-corrected chi connectivity index (χ1v) is 4.62. The summed E-state index contributed by atoms with van der Waals surface area (Å²) >= 11 is 0. The quantitative estimate of drug-likeness (QED) is 0.793. The Kier molecular flexibility index (Phi) is 2.77. The fourth-order valence-electron chi connectivity index (χ4n) is 1.13. The van der Waals surface area contributed by atoms with Gasteiger partial charge in [-0.2, -0.15) is 0 Å². The lowest BCUT2D eigenvalue weighted by Crippen LogP contribution is -2.07. The molecule has 16 heavy (non-hydrogen) atoms. The lowest BCUT2D eigenvalue weighted by Gasteiger charge is -1.93. The number of anilines is 1. The van der Waals surface area contributed by atoms with Crippen LogP contribution in [0.5, 0.6) is 0 Å². The maximum Gasteiger partial charge on any atom is 0.322 e. The van der Waals surface area contributed by atoms with Crippen LogP contribution in [-0.2, 0) is 4.79 Å². The Hall–Kier alpha value is -2.43. The zero-order valence-electron chi connectivity index (χ0n) is 8.38. The molecule has 0 saturated heterocycles. The van der Waals surface area contributed by atoms with Gasteiger partial charge in [-0.3, -0.25) is 10.1 Å². The van der Waals surface area contributed by atoms with Crippen LogP contribution in [0, 0.1) is 0 Å². The molecule has 2 rings (SSSR count). The number of amides is 1. The second kappa shape index (κ2) is 4.39. The number of nitrogens with zero attached hydrogens (tertiary/aromatic N) is 2. The lowest BCUT2D eigenvalue weighted by molar-refractivity contribution is -0.112. The van der Waals surface area contributed by atoms with Crippen molar-refractivity contribution in [2.24, 2.45) is 0 Å². The summed E-state index contributed by atoms with van der Waals surface area (Å²) < 4.78 is 5.24. The molecule has 1 heterocycles. The molecule has 0 unspecified atom stereocenters. The van der Waals surface area contributed by atoms with Crippen LogP contribution in [0.4, 0.5) is 6.01 Å². The molecular formula is C11H9N3O2. The molecule has 5 heteroatoms. The van der Waals surface area contributed by atoms with E-state index >= 15 is 0 Å². The van der Waals surface area contributed by atoms with Crippen LogP contribution in [-0.4, -0.2) is 16.1 Å². The largest absolute Gasteiger partial charge is 0.403 e. The molecule has 0 fully saturated rings. The Balaban J connectivity index is 2.20. The van der Waals surface area contributed by atoms with Gasteiger partial charge >= 0.3 is 6.01 Å². The Bertz CT molecular complexity index is 505. The van der Waals surface area contributed by atoms with Gasteiger partial charge in [0.05, 0.1) is 0 Å². The first kappa shape index (κ1) is 10.1. The maximum absolute atomic E-state index is 11.0. The molecule has 0 saturated carbocycles. The third-order valence-corrected chi connectivity index (χ3v) is 1.86. The molecule has 0 spiro atoms. The Morgan fingerprint density at radius 2 is 2.06 bits per heavy atom. The average molecular weight is 215 g/mol. The molecule has 1 aromatic heterocycles. The minimum atomic E-state index is -0.386. The van der Waals surface area contributed by atoms with E-state index in [4.69, 9.17) is 4.42 Å². The fourth-order valence-corrected chi connectivity index (χ4v) is 1.13. The van der Waals surface area contributed by atoms with E-state index in [-0.39, 0.29) is 11.9 Å². The predicted octanol–water partition coefficient (Wildman–Crippen LogP) is 1.86. The number of carbonyl (C=O) groups excluding carboxylic acids is 1. The van der Waals surface area contributed by atoms with E-state index in [0.717, 1.165) is 11.6 Å². The van der Waals surface area contributed by atoms with Gasteiger partial charge in [0.15, 0.2) is 0 Å². The van der Waals surface area contributed by atoms with E-state index in [2.05, 4.69) is 22.1 Å². The highest BCUT2D eigenvalue weighted by molar-refractivity contribution is 5.97. The molecule has 0 aliphatic carbocycles. The minimum absolute atomic E-state index is 0.0590. The van der Waals surface area contributed by atoms with Crippen molar-refractivity contribution in [2.45, 2.75) is 0 Å². The van der Waals surface area contributed by atoms with Crippen LogP contribution in [0.15, 0.2) is 47.4 Å². The molecule has 5 nitrogen and oxygen atoms in total. The average Bonchev–Trinajstić information content (AvgIpc) is 2.78. The van der Waals surface area contributed by atoms with E-state index < -0.39 is 0 Å². The monoisotopic (exact) mass is 215 g/mol. The van der Waals surface area contributed by atoms with E-state index in [1.54, 1.807) is 0 Å². The van der Waals surface area contributed by atoms with Crippen LogP contribution in [0.25, 0.3) is 11.5 Å². The molecule has 0 atom stereocenters. The van der Waals surface area contributed by atoms with Crippen molar-refractivity contribution in [3.05, 3.63) is 43.0 Å². The summed E-state index contributed by atoms with van der Waals surface area (Å²) in [6, 6.07) is 9.35. The van der Waals surface area contributed by atoms with Gasteiger partial charge in [-0.1, -0.05) is 29.9 Å². The summed E-state index contributed by atoms with van der Waals surface area (Å²) in [7, 11) is 0. The predicted molar refractivity (Wildman–Crippen MR) is 58.6 cm³/mol. The highest BCUT2D eigenvalue weighted by Gasteiger charge is 2.08. The molecular weight excluding hydrogens is 206 g/mol. The molecule has 1 aromatic carbocycles. The van der Waals surface area contributed by atoms with Gasteiger partial charge in [-0.25, -0.2) is 0 Å². The summed E-state index contributed by atoms with van der Waals surface area (Å²) in [6.07, 6.45) is 1.13. The first-order chi connectivity index (χ1) is 7.79. The van der Waals surface area contributed by atoms with Crippen molar-refractivity contribution >= 4 is 11.9 Å². The van der Waals surface area contributed by atoms with Gasteiger partial charge < -0.3 is 4.42 Å². The van der Waals surface area contributed by atoms with Gasteiger partial charge in [0.2, 0.25) is 5.89 Å². The number of carbonyl (C=O) groups is 1. The van der Waals surface area contributed by atoms with Crippen LogP contribution >= 0.6 is 0 Å². The normalized spacial score (nSPS) is 9.75. The van der Waals surface area contributed by atoms with E-state index in [1.807, 2.05) is 30.3 Å². The first-order valence-electron chi connectivity index (χ1n) is 4.62. The summed E-state index contributed by atoms with van der Waals surface area (Å²) in [6.45, 7) is 3.32. The van der Waals surface area contributed by atoms with E-state index in [0.29, 0.717) is 5.89 Å². The minimum Gasteiger partial charge on any atom is -0.403 e. The van der Waals surface area contributed by atoms with Crippen LogP contribution < -0.4 is 5.32 Å². The summed E-state index contributed by atoms with van der Waals surface area (Å²) in [5.41, 5.74) is 0.800. The standard InChI is InChI=1S/C11H9N3O2/c1-2-9(15)12-11-14-13-10(16-11)8-6-4-3-5-7-8/h2-7H,1H2,(H,12,14,15). The number of nitrogens with one attached hydrogen (secondary N) is 1.